The minimum Gasteiger partial charge on any atom is -0.271 e. The molecule has 16 heavy (non-hydrogen) atoms. The summed E-state index contributed by atoms with van der Waals surface area (Å²) in [5.74, 6) is 5.60. The average Bonchev–Trinajstić information content (AvgIpc) is 2.84. The van der Waals surface area contributed by atoms with Crippen molar-refractivity contribution in [2.45, 2.75) is 26.3 Å². The molecule has 86 valence electrons. The van der Waals surface area contributed by atoms with Gasteiger partial charge in [-0.25, -0.2) is 4.98 Å². The lowest BCUT2D eigenvalue weighted by atomic mass is 10.1. The fourth-order valence-electron chi connectivity index (χ4n) is 1.63. The van der Waals surface area contributed by atoms with Gasteiger partial charge in [0.25, 0.3) is 0 Å². The number of hydrogen-bond acceptors (Lipinski definition) is 5. The summed E-state index contributed by atoms with van der Waals surface area (Å²) < 4.78 is 0. The molecule has 3 nitrogen and oxygen atoms in total. The molecule has 0 saturated heterocycles. The van der Waals surface area contributed by atoms with Crippen molar-refractivity contribution in [3.8, 4) is 0 Å². The SMILES string of the molecule is Cc1cc(C(Cc2csc(C)n2)NN)cs1. The van der Waals surface area contributed by atoms with Crippen LogP contribution in [0.1, 0.15) is 27.2 Å². The van der Waals surface area contributed by atoms with Gasteiger partial charge in [-0.15, -0.1) is 22.7 Å². The predicted molar refractivity (Wildman–Crippen MR) is 69.7 cm³/mol. The molecule has 0 saturated carbocycles. The number of nitrogens with one attached hydrogen (secondary N) is 1. The van der Waals surface area contributed by atoms with Gasteiger partial charge in [0.1, 0.15) is 0 Å². The zero-order chi connectivity index (χ0) is 11.5. The van der Waals surface area contributed by atoms with Crippen molar-refractivity contribution in [2.24, 2.45) is 5.84 Å². The Morgan fingerprint density at radius 3 is 2.69 bits per heavy atom. The van der Waals surface area contributed by atoms with Crippen LogP contribution in [0.3, 0.4) is 0 Å². The lowest BCUT2D eigenvalue weighted by Gasteiger charge is -2.12. The van der Waals surface area contributed by atoms with E-state index in [0.29, 0.717) is 0 Å². The number of thiophene rings is 1. The third-order valence-corrected chi connectivity index (χ3v) is 4.14. The first-order valence-corrected chi connectivity index (χ1v) is 6.87. The van der Waals surface area contributed by atoms with Crippen molar-refractivity contribution >= 4 is 22.7 Å². The van der Waals surface area contributed by atoms with Crippen LogP contribution in [0.15, 0.2) is 16.8 Å². The standard InChI is InChI=1S/C11H15N3S2/c1-7-3-9(5-15-7)11(14-12)4-10-6-16-8(2)13-10/h3,5-6,11,14H,4,12H2,1-2H3. The first kappa shape index (κ1) is 11.7. The van der Waals surface area contributed by atoms with Crippen molar-refractivity contribution in [1.82, 2.24) is 10.4 Å². The fraction of sp³-hybridized carbons (Fsp3) is 0.364. The number of hydrogen-bond donors (Lipinski definition) is 2. The Morgan fingerprint density at radius 2 is 2.19 bits per heavy atom. The van der Waals surface area contributed by atoms with E-state index >= 15 is 0 Å². The summed E-state index contributed by atoms with van der Waals surface area (Å²) in [7, 11) is 0. The number of aryl methyl sites for hydroxylation is 2. The second-order valence-electron chi connectivity index (χ2n) is 3.77. The van der Waals surface area contributed by atoms with E-state index in [1.807, 2.05) is 6.92 Å². The highest BCUT2D eigenvalue weighted by Crippen LogP contribution is 2.23. The van der Waals surface area contributed by atoms with Gasteiger partial charge in [-0.3, -0.25) is 11.3 Å². The summed E-state index contributed by atoms with van der Waals surface area (Å²) in [5.41, 5.74) is 5.21. The van der Waals surface area contributed by atoms with Gasteiger partial charge in [-0.1, -0.05) is 0 Å². The van der Waals surface area contributed by atoms with E-state index in [-0.39, 0.29) is 6.04 Å². The predicted octanol–water partition coefficient (Wildman–Crippen LogP) is 2.57. The Hall–Kier alpha value is -0.750. The van der Waals surface area contributed by atoms with Gasteiger partial charge in [-0.05, 0) is 30.9 Å². The number of hydrazine groups is 1. The molecular formula is C11H15N3S2. The molecular weight excluding hydrogens is 238 g/mol. The van der Waals surface area contributed by atoms with Crippen molar-refractivity contribution in [2.75, 3.05) is 0 Å². The number of nitrogens with zero attached hydrogens (tertiary/aromatic N) is 1. The molecule has 2 aromatic heterocycles. The van der Waals surface area contributed by atoms with Gasteiger partial charge in [0.15, 0.2) is 0 Å². The lowest BCUT2D eigenvalue weighted by molar-refractivity contribution is 0.548. The molecule has 0 radical (unpaired) electrons. The van der Waals surface area contributed by atoms with Crippen LogP contribution in [-0.2, 0) is 6.42 Å². The number of nitrogens with two attached hydrogens (primary N) is 1. The second kappa shape index (κ2) is 5.05. The summed E-state index contributed by atoms with van der Waals surface area (Å²) in [4.78, 5) is 5.77. The maximum Gasteiger partial charge on any atom is 0.0897 e. The van der Waals surface area contributed by atoms with Crippen molar-refractivity contribution in [1.29, 1.82) is 0 Å². The normalized spacial score (nSPS) is 12.9. The van der Waals surface area contributed by atoms with Gasteiger partial charge in [0.05, 0.1) is 16.7 Å². The van der Waals surface area contributed by atoms with Crippen LogP contribution in [0.25, 0.3) is 0 Å². The molecule has 2 heterocycles. The monoisotopic (exact) mass is 253 g/mol. The van der Waals surface area contributed by atoms with Crippen LogP contribution in [0.5, 0.6) is 0 Å². The van der Waals surface area contributed by atoms with E-state index in [1.54, 1.807) is 22.7 Å². The average molecular weight is 253 g/mol. The molecule has 2 rings (SSSR count). The Kier molecular flexibility index (Phi) is 3.70. The number of rotatable bonds is 4. The minimum atomic E-state index is 0.159. The zero-order valence-corrected chi connectivity index (χ0v) is 11.0. The summed E-state index contributed by atoms with van der Waals surface area (Å²) >= 11 is 3.43. The maximum atomic E-state index is 5.60. The molecule has 2 aromatic rings. The molecule has 3 N–H and O–H groups in total. The van der Waals surface area contributed by atoms with Gasteiger partial charge in [0, 0.05) is 16.7 Å². The maximum absolute atomic E-state index is 5.60. The van der Waals surface area contributed by atoms with E-state index in [9.17, 15) is 0 Å². The fourth-order valence-corrected chi connectivity index (χ4v) is 3.01. The largest absolute Gasteiger partial charge is 0.271 e. The Labute approximate surface area is 103 Å². The van der Waals surface area contributed by atoms with Gasteiger partial charge in [-0.2, -0.15) is 0 Å². The van der Waals surface area contributed by atoms with Gasteiger partial charge in [0.2, 0.25) is 0 Å². The molecule has 0 aliphatic heterocycles. The van der Waals surface area contributed by atoms with Crippen LogP contribution in [0.2, 0.25) is 0 Å². The Morgan fingerprint density at radius 1 is 1.38 bits per heavy atom. The summed E-state index contributed by atoms with van der Waals surface area (Å²) in [6.07, 6.45) is 0.844. The molecule has 0 aromatic carbocycles. The molecule has 0 aliphatic rings. The highest BCUT2D eigenvalue weighted by molar-refractivity contribution is 7.10. The summed E-state index contributed by atoms with van der Waals surface area (Å²) in [6, 6.07) is 2.33. The van der Waals surface area contributed by atoms with E-state index in [4.69, 9.17) is 5.84 Å². The smallest absolute Gasteiger partial charge is 0.0897 e. The van der Waals surface area contributed by atoms with Gasteiger partial charge >= 0.3 is 0 Å². The third-order valence-electron chi connectivity index (χ3n) is 2.43. The molecule has 0 amide bonds. The molecule has 0 bridgehead atoms. The van der Waals surface area contributed by atoms with E-state index < -0.39 is 0 Å². The lowest BCUT2D eigenvalue weighted by Crippen LogP contribution is -2.29. The molecule has 0 fully saturated rings. The molecule has 1 atom stereocenters. The minimum absolute atomic E-state index is 0.159. The first-order valence-electron chi connectivity index (χ1n) is 5.11. The molecule has 0 spiro atoms. The molecule has 0 aliphatic carbocycles. The highest BCUT2D eigenvalue weighted by Gasteiger charge is 2.13. The zero-order valence-electron chi connectivity index (χ0n) is 9.36. The van der Waals surface area contributed by atoms with Crippen LogP contribution < -0.4 is 11.3 Å². The molecule has 5 heteroatoms. The van der Waals surface area contributed by atoms with Crippen molar-refractivity contribution in [3.05, 3.63) is 38.0 Å². The Bertz CT molecular complexity index is 461. The van der Waals surface area contributed by atoms with Crippen molar-refractivity contribution in [3.63, 3.8) is 0 Å². The highest BCUT2D eigenvalue weighted by atomic mass is 32.1. The van der Waals surface area contributed by atoms with E-state index in [2.05, 4.69) is 34.2 Å². The van der Waals surface area contributed by atoms with E-state index in [1.165, 1.54) is 10.4 Å². The number of aromatic nitrogens is 1. The second-order valence-corrected chi connectivity index (χ2v) is 5.95. The van der Waals surface area contributed by atoms with Crippen LogP contribution in [0, 0.1) is 13.8 Å². The number of thiazole rings is 1. The van der Waals surface area contributed by atoms with Crippen molar-refractivity contribution < 1.29 is 0 Å². The quantitative estimate of drug-likeness (QED) is 0.650. The van der Waals surface area contributed by atoms with Crippen LogP contribution >= 0.6 is 22.7 Å². The Balaban J connectivity index is 2.12. The first-order chi connectivity index (χ1) is 7.69. The topological polar surface area (TPSA) is 50.9 Å². The molecule has 1 unspecified atom stereocenters. The summed E-state index contributed by atoms with van der Waals surface area (Å²) in [6.45, 7) is 4.13. The van der Waals surface area contributed by atoms with Crippen LogP contribution in [-0.4, -0.2) is 4.98 Å². The van der Waals surface area contributed by atoms with Gasteiger partial charge < -0.3 is 0 Å². The third kappa shape index (κ3) is 2.68. The van der Waals surface area contributed by atoms with Crippen LogP contribution in [0.4, 0.5) is 0 Å². The summed E-state index contributed by atoms with van der Waals surface area (Å²) in [5, 5.41) is 5.35. The van der Waals surface area contributed by atoms with E-state index in [0.717, 1.165) is 17.1 Å².